The molecule has 0 spiro atoms. The smallest absolute Gasteiger partial charge is 0.226 e. The van der Waals surface area contributed by atoms with Crippen molar-refractivity contribution in [2.45, 2.75) is 57.9 Å². The summed E-state index contributed by atoms with van der Waals surface area (Å²) in [4.78, 5) is 12.2. The molecule has 3 heteroatoms. The van der Waals surface area contributed by atoms with Gasteiger partial charge >= 0.3 is 0 Å². The summed E-state index contributed by atoms with van der Waals surface area (Å²) in [7, 11) is 0. The van der Waals surface area contributed by atoms with Crippen molar-refractivity contribution in [1.29, 1.82) is 0 Å². The Kier molecular flexibility index (Phi) is 2.99. The first kappa shape index (κ1) is 11.9. The van der Waals surface area contributed by atoms with Gasteiger partial charge in [-0.2, -0.15) is 0 Å². The molecule has 0 unspecified atom stereocenters. The van der Waals surface area contributed by atoms with E-state index < -0.39 is 0 Å². The van der Waals surface area contributed by atoms with E-state index in [2.05, 4.69) is 19.2 Å². The molecular formula is C13H24N2O. The summed E-state index contributed by atoms with van der Waals surface area (Å²) in [5.41, 5.74) is 6.23. The highest BCUT2D eigenvalue weighted by Crippen LogP contribution is 2.51. The van der Waals surface area contributed by atoms with Crippen LogP contribution in [0.3, 0.4) is 0 Å². The van der Waals surface area contributed by atoms with Gasteiger partial charge in [0, 0.05) is 17.5 Å². The van der Waals surface area contributed by atoms with Crippen molar-refractivity contribution in [2.75, 3.05) is 6.54 Å². The number of hydrogen-bond donors (Lipinski definition) is 2. The zero-order valence-electron chi connectivity index (χ0n) is 10.5. The molecule has 0 atom stereocenters. The molecule has 3 aliphatic rings. The molecule has 0 aromatic carbocycles. The number of nitrogens with two attached hydrogens (primary N) is 1. The third-order valence-corrected chi connectivity index (χ3v) is 4.46. The fourth-order valence-electron chi connectivity index (χ4n) is 3.04. The number of nitrogens with one attached hydrogen (secondary N) is 1. The van der Waals surface area contributed by atoms with Gasteiger partial charge in [0.05, 0.1) is 0 Å². The maximum Gasteiger partial charge on any atom is 0.226 e. The molecule has 0 aliphatic heterocycles. The number of rotatable bonds is 3. The molecule has 3 nitrogen and oxygen atoms in total. The highest BCUT2D eigenvalue weighted by Gasteiger charge is 2.50. The Morgan fingerprint density at radius 2 is 1.69 bits per heavy atom. The Morgan fingerprint density at radius 3 is 2.12 bits per heavy atom. The molecule has 3 N–H and O–H groups in total. The third-order valence-electron chi connectivity index (χ3n) is 4.46. The normalized spacial score (nSPS) is 37.8. The van der Waals surface area contributed by atoms with Gasteiger partial charge in [-0.05, 0) is 44.4 Å². The van der Waals surface area contributed by atoms with E-state index in [1.807, 2.05) is 0 Å². The molecule has 0 radical (unpaired) electrons. The standard InChI is InChI=1S/C13H24N2O/c1-10(2)9-15-11(16)12-3-6-13(14,7-4-12)8-5-12/h10H,3-9,14H2,1-2H3,(H,15,16). The summed E-state index contributed by atoms with van der Waals surface area (Å²) in [6.07, 6.45) is 6.07. The lowest BCUT2D eigenvalue weighted by Crippen LogP contribution is -2.56. The quantitative estimate of drug-likeness (QED) is 0.768. The molecule has 0 heterocycles. The highest BCUT2D eigenvalue weighted by molar-refractivity contribution is 5.83. The van der Waals surface area contributed by atoms with Gasteiger partial charge in [0.2, 0.25) is 5.91 Å². The van der Waals surface area contributed by atoms with Gasteiger partial charge in [0.25, 0.3) is 0 Å². The van der Waals surface area contributed by atoms with Gasteiger partial charge < -0.3 is 11.1 Å². The molecule has 16 heavy (non-hydrogen) atoms. The highest BCUT2D eigenvalue weighted by atomic mass is 16.2. The minimum atomic E-state index is -0.0734. The molecule has 3 rings (SSSR count). The number of carbonyl (C=O) groups excluding carboxylic acids is 1. The zero-order valence-corrected chi connectivity index (χ0v) is 10.5. The van der Waals surface area contributed by atoms with Crippen LogP contribution in [0.15, 0.2) is 0 Å². The molecule has 92 valence electrons. The summed E-state index contributed by atoms with van der Waals surface area (Å²) >= 11 is 0. The van der Waals surface area contributed by atoms with E-state index in [1.165, 1.54) is 0 Å². The first-order valence-corrected chi connectivity index (χ1v) is 6.53. The summed E-state index contributed by atoms with van der Waals surface area (Å²) in [5, 5.41) is 3.10. The van der Waals surface area contributed by atoms with Gasteiger partial charge in [-0.25, -0.2) is 0 Å². The fourth-order valence-corrected chi connectivity index (χ4v) is 3.04. The third kappa shape index (κ3) is 2.10. The Labute approximate surface area is 98.2 Å². The van der Waals surface area contributed by atoms with Crippen molar-refractivity contribution in [3.63, 3.8) is 0 Å². The van der Waals surface area contributed by atoms with E-state index in [9.17, 15) is 4.79 Å². The SMILES string of the molecule is CC(C)CNC(=O)C12CCC(N)(CC1)CC2. The largest absolute Gasteiger partial charge is 0.355 e. The Balaban J connectivity index is 1.96. The van der Waals surface area contributed by atoms with Crippen molar-refractivity contribution < 1.29 is 4.79 Å². The van der Waals surface area contributed by atoms with Gasteiger partial charge in [0.1, 0.15) is 0 Å². The minimum Gasteiger partial charge on any atom is -0.355 e. The molecule has 0 aromatic rings. The van der Waals surface area contributed by atoms with E-state index >= 15 is 0 Å². The van der Waals surface area contributed by atoms with E-state index in [0.29, 0.717) is 5.92 Å². The van der Waals surface area contributed by atoms with E-state index in [0.717, 1.165) is 45.1 Å². The number of carbonyl (C=O) groups is 1. The topological polar surface area (TPSA) is 55.1 Å². The van der Waals surface area contributed by atoms with Gasteiger partial charge in [-0.3, -0.25) is 4.79 Å². The second kappa shape index (κ2) is 4.02. The lowest BCUT2D eigenvalue weighted by Gasteiger charge is -2.50. The molecule has 0 saturated heterocycles. The van der Waals surface area contributed by atoms with Crippen LogP contribution in [0.5, 0.6) is 0 Å². The second-order valence-corrected chi connectivity index (χ2v) is 6.25. The average molecular weight is 224 g/mol. The Hall–Kier alpha value is -0.570. The molecule has 1 amide bonds. The molecular weight excluding hydrogens is 200 g/mol. The number of fused-ring (bicyclic) bond motifs is 3. The first-order chi connectivity index (χ1) is 7.46. The average Bonchev–Trinajstić information content (AvgIpc) is 2.27. The lowest BCUT2D eigenvalue weighted by molar-refractivity contribution is -0.137. The Bertz CT molecular complexity index is 261. The number of amides is 1. The van der Waals surface area contributed by atoms with Crippen LogP contribution in [0, 0.1) is 11.3 Å². The van der Waals surface area contributed by atoms with Crippen LogP contribution in [-0.2, 0) is 4.79 Å². The van der Waals surface area contributed by atoms with Crippen LogP contribution in [0.2, 0.25) is 0 Å². The number of hydrogen-bond acceptors (Lipinski definition) is 2. The minimum absolute atomic E-state index is 0.0556. The van der Waals surface area contributed by atoms with Gasteiger partial charge in [-0.15, -0.1) is 0 Å². The molecule has 0 aromatic heterocycles. The predicted octanol–water partition coefficient (Wildman–Crippen LogP) is 1.81. The first-order valence-electron chi connectivity index (χ1n) is 6.53. The molecule has 3 saturated carbocycles. The van der Waals surface area contributed by atoms with Crippen LogP contribution in [-0.4, -0.2) is 18.0 Å². The van der Waals surface area contributed by atoms with Crippen LogP contribution >= 0.6 is 0 Å². The van der Waals surface area contributed by atoms with Crippen LogP contribution in [0.1, 0.15) is 52.4 Å². The van der Waals surface area contributed by atoms with Crippen LogP contribution < -0.4 is 11.1 Å². The lowest BCUT2D eigenvalue weighted by atomic mass is 9.57. The Morgan fingerprint density at radius 1 is 1.19 bits per heavy atom. The maximum absolute atomic E-state index is 12.2. The zero-order chi connectivity index (χ0) is 11.8. The van der Waals surface area contributed by atoms with Gasteiger partial charge in [0.15, 0.2) is 0 Å². The van der Waals surface area contributed by atoms with Crippen LogP contribution in [0.25, 0.3) is 0 Å². The summed E-state index contributed by atoms with van der Waals surface area (Å²) in [6.45, 7) is 5.06. The van der Waals surface area contributed by atoms with E-state index in [-0.39, 0.29) is 16.9 Å². The molecule has 3 aliphatic carbocycles. The van der Waals surface area contributed by atoms with Crippen molar-refractivity contribution in [3.8, 4) is 0 Å². The maximum atomic E-state index is 12.2. The molecule has 3 fully saturated rings. The fraction of sp³-hybridized carbons (Fsp3) is 0.923. The van der Waals surface area contributed by atoms with Crippen molar-refractivity contribution in [1.82, 2.24) is 5.32 Å². The summed E-state index contributed by atoms with van der Waals surface area (Å²) in [5.74, 6) is 0.809. The van der Waals surface area contributed by atoms with Crippen LogP contribution in [0.4, 0.5) is 0 Å². The summed E-state index contributed by atoms with van der Waals surface area (Å²) < 4.78 is 0. The summed E-state index contributed by atoms with van der Waals surface area (Å²) in [6, 6.07) is 0. The van der Waals surface area contributed by atoms with Crippen molar-refractivity contribution in [3.05, 3.63) is 0 Å². The monoisotopic (exact) mass is 224 g/mol. The second-order valence-electron chi connectivity index (χ2n) is 6.25. The predicted molar refractivity (Wildman–Crippen MR) is 64.9 cm³/mol. The van der Waals surface area contributed by atoms with Gasteiger partial charge in [-0.1, -0.05) is 13.8 Å². The molecule has 2 bridgehead atoms. The van der Waals surface area contributed by atoms with E-state index in [4.69, 9.17) is 5.73 Å². The van der Waals surface area contributed by atoms with Crippen molar-refractivity contribution >= 4 is 5.91 Å². The van der Waals surface area contributed by atoms with E-state index in [1.54, 1.807) is 0 Å². The van der Waals surface area contributed by atoms with Crippen molar-refractivity contribution in [2.24, 2.45) is 17.1 Å².